The number of nitrogens with zero attached hydrogens (tertiary/aromatic N) is 1. The topological polar surface area (TPSA) is 129 Å². The van der Waals surface area contributed by atoms with E-state index in [-0.39, 0.29) is 65.1 Å². The summed E-state index contributed by atoms with van der Waals surface area (Å²) >= 11 is 1.14. The van der Waals surface area contributed by atoms with Crippen LogP contribution in [0.25, 0.3) is 0 Å². The SMILES string of the molecule is CCOC(=O)c1sc(NC(=O)CC[C@@H](C)[C@H]2CC[C@H]3[C@@H]4[C@H](O)C[C@@H]5C[C@H](O)CC[C@]5(C)[C@H]4C[C@H](O)[C@]23C)nc1C. The Bertz CT molecular complexity index is 1110. The molecule has 1 aromatic rings. The van der Waals surface area contributed by atoms with E-state index >= 15 is 0 Å². The lowest BCUT2D eigenvalue weighted by Crippen LogP contribution is -2.62. The van der Waals surface area contributed by atoms with Crippen molar-refractivity contribution in [1.82, 2.24) is 4.98 Å². The molecule has 1 amide bonds. The van der Waals surface area contributed by atoms with Crippen LogP contribution >= 0.6 is 11.3 Å². The van der Waals surface area contributed by atoms with Gasteiger partial charge in [0.2, 0.25) is 5.91 Å². The Balaban J connectivity index is 1.24. The number of aryl methyl sites for hydroxylation is 1. The number of carbonyl (C=O) groups is 2. The van der Waals surface area contributed by atoms with Crippen LogP contribution in [0.5, 0.6) is 0 Å². The molecule has 0 aliphatic heterocycles. The summed E-state index contributed by atoms with van der Waals surface area (Å²) in [6.45, 7) is 10.6. The van der Waals surface area contributed by atoms with Crippen LogP contribution in [0.15, 0.2) is 0 Å². The quantitative estimate of drug-likeness (QED) is 0.338. The van der Waals surface area contributed by atoms with Gasteiger partial charge in [-0.25, -0.2) is 9.78 Å². The zero-order chi connectivity index (χ0) is 29.0. The van der Waals surface area contributed by atoms with E-state index in [1.807, 2.05) is 0 Å². The summed E-state index contributed by atoms with van der Waals surface area (Å²) < 4.78 is 5.07. The van der Waals surface area contributed by atoms with Crippen LogP contribution < -0.4 is 5.32 Å². The summed E-state index contributed by atoms with van der Waals surface area (Å²) in [4.78, 5) is 29.7. The van der Waals surface area contributed by atoms with Crippen molar-refractivity contribution in [1.29, 1.82) is 0 Å². The van der Waals surface area contributed by atoms with Crippen molar-refractivity contribution >= 4 is 28.3 Å². The molecule has 224 valence electrons. The van der Waals surface area contributed by atoms with Gasteiger partial charge in [0.05, 0.1) is 30.6 Å². The highest BCUT2D eigenvalue weighted by molar-refractivity contribution is 7.17. The van der Waals surface area contributed by atoms with Gasteiger partial charge >= 0.3 is 5.97 Å². The molecule has 5 rings (SSSR count). The Morgan fingerprint density at radius 1 is 1.12 bits per heavy atom. The molecule has 4 aliphatic rings. The zero-order valence-corrected chi connectivity index (χ0v) is 25.5. The molecule has 8 nitrogen and oxygen atoms in total. The third-order valence-corrected chi connectivity index (χ3v) is 12.9. The Kier molecular flexibility index (Phi) is 8.43. The Hall–Kier alpha value is -1.55. The molecule has 40 heavy (non-hydrogen) atoms. The number of hydrogen-bond donors (Lipinski definition) is 4. The normalized spacial score (nSPS) is 41.4. The number of carbonyl (C=O) groups excluding carboxylic acids is 2. The highest BCUT2D eigenvalue weighted by atomic mass is 32.1. The van der Waals surface area contributed by atoms with Crippen molar-refractivity contribution in [3.63, 3.8) is 0 Å². The molecule has 1 heterocycles. The average molecular weight is 577 g/mol. The fourth-order valence-corrected chi connectivity index (χ4v) is 10.6. The van der Waals surface area contributed by atoms with E-state index in [0.29, 0.717) is 40.9 Å². The van der Waals surface area contributed by atoms with Gasteiger partial charge in [-0.3, -0.25) is 4.79 Å². The van der Waals surface area contributed by atoms with Gasteiger partial charge in [-0.1, -0.05) is 32.1 Å². The van der Waals surface area contributed by atoms with E-state index in [9.17, 15) is 24.9 Å². The molecular weight excluding hydrogens is 528 g/mol. The second kappa shape index (κ2) is 11.3. The van der Waals surface area contributed by atoms with Crippen molar-refractivity contribution in [3.8, 4) is 0 Å². The Labute approximate surface area is 242 Å². The molecule has 11 atom stereocenters. The monoisotopic (exact) mass is 576 g/mol. The number of ether oxygens (including phenoxy) is 1. The molecule has 0 saturated heterocycles. The van der Waals surface area contributed by atoms with Gasteiger partial charge in [-0.05, 0) is 112 Å². The fourth-order valence-electron chi connectivity index (χ4n) is 9.71. The summed E-state index contributed by atoms with van der Waals surface area (Å²) in [7, 11) is 0. The number of thiazole rings is 1. The second-order valence-corrected chi connectivity index (χ2v) is 14.7. The molecule has 4 aliphatic carbocycles. The van der Waals surface area contributed by atoms with E-state index in [1.165, 1.54) is 0 Å². The number of aromatic nitrogens is 1. The Morgan fingerprint density at radius 3 is 2.60 bits per heavy atom. The number of amides is 1. The van der Waals surface area contributed by atoms with Crippen molar-refractivity contribution in [2.75, 3.05) is 11.9 Å². The van der Waals surface area contributed by atoms with Gasteiger partial charge in [0.1, 0.15) is 4.88 Å². The number of anilines is 1. The van der Waals surface area contributed by atoms with Crippen molar-refractivity contribution in [2.45, 2.75) is 111 Å². The molecule has 0 unspecified atom stereocenters. The average Bonchev–Trinajstić information content (AvgIpc) is 3.44. The van der Waals surface area contributed by atoms with Gasteiger partial charge in [0.15, 0.2) is 5.13 Å². The molecule has 4 fully saturated rings. The van der Waals surface area contributed by atoms with E-state index in [0.717, 1.165) is 49.9 Å². The molecule has 4 N–H and O–H groups in total. The molecule has 0 aromatic carbocycles. The van der Waals surface area contributed by atoms with Crippen LogP contribution in [-0.2, 0) is 9.53 Å². The molecule has 1 aromatic heterocycles. The van der Waals surface area contributed by atoms with Crippen molar-refractivity contribution < 1.29 is 29.6 Å². The van der Waals surface area contributed by atoms with Crippen molar-refractivity contribution in [2.24, 2.45) is 46.3 Å². The first-order valence-electron chi connectivity index (χ1n) is 15.4. The maximum absolute atomic E-state index is 12.8. The lowest BCUT2D eigenvalue weighted by Gasteiger charge is -2.63. The van der Waals surface area contributed by atoms with E-state index in [2.05, 4.69) is 31.1 Å². The number of hydrogen-bond acceptors (Lipinski definition) is 8. The van der Waals surface area contributed by atoms with Gasteiger partial charge in [-0.15, -0.1) is 0 Å². The number of nitrogens with one attached hydrogen (secondary N) is 1. The summed E-state index contributed by atoms with van der Waals surface area (Å²) in [5, 5.41) is 36.8. The minimum atomic E-state index is -0.434. The zero-order valence-electron chi connectivity index (χ0n) is 24.7. The first-order chi connectivity index (χ1) is 18.9. The first-order valence-corrected chi connectivity index (χ1v) is 16.2. The second-order valence-electron chi connectivity index (χ2n) is 13.7. The maximum atomic E-state index is 12.8. The summed E-state index contributed by atoms with van der Waals surface area (Å²) in [5.74, 6) is 1.03. The summed E-state index contributed by atoms with van der Waals surface area (Å²) in [6, 6.07) is 0. The number of aliphatic hydroxyl groups is 3. The Morgan fingerprint density at radius 2 is 1.88 bits per heavy atom. The number of rotatable bonds is 7. The van der Waals surface area contributed by atoms with Gasteiger partial charge in [-0.2, -0.15) is 0 Å². The van der Waals surface area contributed by atoms with Crippen LogP contribution in [0.2, 0.25) is 0 Å². The van der Waals surface area contributed by atoms with Crippen LogP contribution in [0.4, 0.5) is 5.13 Å². The fraction of sp³-hybridized carbons (Fsp3) is 0.839. The minimum Gasteiger partial charge on any atom is -0.462 e. The van der Waals surface area contributed by atoms with E-state index in [4.69, 9.17) is 4.74 Å². The van der Waals surface area contributed by atoms with Gasteiger partial charge in [0.25, 0.3) is 0 Å². The molecule has 0 bridgehead atoms. The van der Waals surface area contributed by atoms with Crippen LogP contribution in [-0.4, -0.2) is 57.1 Å². The largest absolute Gasteiger partial charge is 0.462 e. The predicted octanol–water partition coefficient (Wildman–Crippen LogP) is 4.94. The minimum absolute atomic E-state index is 0.0640. The number of esters is 1. The lowest BCUT2D eigenvalue weighted by atomic mass is 9.43. The first kappa shape index (κ1) is 29.9. The number of aliphatic hydroxyl groups excluding tert-OH is 3. The smallest absolute Gasteiger partial charge is 0.350 e. The van der Waals surface area contributed by atoms with Crippen LogP contribution in [0.3, 0.4) is 0 Å². The van der Waals surface area contributed by atoms with Gasteiger partial charge in [0, 0.05) is 6.42 Å². The van der Waals surface area contributed by atoms with Crippen LogP contribution in [0.1, 0.15) is 101 Å². The van der Waals surface area contributed by atoms with Crippen molar-refractivity contribution in [3.05, 3.63) is 10.6 Å². The number of fused-ring (bicyclic) bond motifs is 5. The molecule has 4 saturated carbocycles. The third-order valence-electron chi connectivity index (χ3n) is 11.9. The molecule has 0 spiro atoms. The predicted molar refractivity (Wildman–Crippen MR) is 154 cm³/mol. The summed E-state index contributed by atoms with van der Waals surface area (Å²) in [6.07, 6.45) is 6.00. The molecule has 9 heteroatoms. The maximum Gasteiger partial charge on any atom is 0.350 e. The van der Waals surface area contributed by atoms with E-state index < -0.39 is 12.1 Å². The molecule has 0 radical (unpaired) electrons. The highest BCUT2D eigenvalue weighted by Crippen LogP contribution is 2.68. The third kappa shape index (κ3) is 5.03. The summed E-state index contributed by atoms with van der Waals surface area (Å²) in [5.41, 5.74) is 0.335. The van der Waals surface area contributed by atoms with E-state index in [1.54, 1.807) is 13.8 Å². The standard InChI is InChI=1S/C31H48N2O6S/c1-6-39-28(38)27-17(3)32-29(40-27)33-25(37)10-7-16(2)20-8-9-21-26-22(15-24(36)31(20,21)5)30(4)12-11-19(34)13-18(30)14-23(26)35/h16,18-24,26,34-36H,6-15H2,1-5H3,(H,32,33,37)/t16-,18+,19-,20-,21+,22+,23-,24+,26+,30+,31-/m1/s1. The van der Waals surface area contributed by atoms with Gasteiger partial charge < -0.3 is 25.4 Å². The molecular formula is C31H48N2O6S. The van der Waals surface area contributed by atoms with Crippen LogP contribution in [0, 0.1) is 53.3 Å². The lowest BCUT2D eigenvalue weighted by molar-refractivity contribution is -0.207. The highest BCUT2D eigenvalue weighted by Gasteiger charge is 2.65.